The van der Waals surface area contributed by atoms with Crippen molar-refractivity contribution in [1.82, 2.24) is 0 Å². The first-order chi connectivity index (χ1) is 10.5. The summed E-state index contributed by atoms with van der Waals surface area (Å²) < 4.78 is 0. The van der Waals surface area contributed by atoms with E-state index < -0.39 is 5.91 Å². The predicted molar refractivity (Wildman–Crippen MR) is 90.1 cm³/mol. The Morgan fingerprint density at radius 3 is 2.18 bits per heavy atom. The van der Waals surface area contributed by atoms with Gasteiger partial charge < -0.3 is 5.32 Å². The van der Waals surface area contributed by atoms with Gasteiger partial charge in [-0.1, -0.05) is 40.9 Å². The van der Waals surface area contributed by atoms with E-state index in [2.05, 4.69) is 5.32 Å². The number of carbonyl (C=O) groups excluding carboxylic acids is 1. The summed E-state index contributed by atoms with van der Waals surface area (Å²) in [6.07, 6.45) is 1.36. The Morgan fingerprint density at radius 2 is 1.64 bits per heavy atom. The van der Waals surface area contributed by atoms with Crippen molar-refractivity contribution < 1.29 is 4.79 Å². The average molecular weight is 352 g/mol. The highest BCUT2D eigenvalue weighted by atomic mass is 35.5. The van der Waals surface area contributed by atoms with Crippen molar-refractivity contribution in [2.45, 2.75) is 0 Å². The van der Waals surface area contributed by atoms with Gasteiger partial charge in [0, 0.05) is 26.3 Å². The first-order valence-corrected chi connectivity index (χ1v) is 7.27. The van der Waals surface area contributed by atoms with E-state index in [0.29, 0.717) is 26.3 Å². The summed E-state index contributed by atoms with van der Waals surface area (Å²) in [7, 11) is 0. The van der Waals surface area contributed by atoms with Crippen molar-refractivity contribution in [3.63, 3.8) is 0 Å². The fraction of sp³-hybridized carbons (Fsp3) is 0. The first-order valence-electron chi connectivity index (χ1n) is 6.14. The maximum atomic E-state index is 12.1. The van der Waals surface area contributed by atoms with E-state index in [1.807, 2.05) is 6.07 Å². The second-order valence-corrected chi connectivity index (χ2v) is 5.52. The SMILES string of the molecule is N#C/C(=C\c1c(Cl)cccc1Cl)C(=O)Nc1ccc(Cl)cc1. The summed E-state index contributed by atoms with van der Waals surface area (Å²) in [6, 6.07) is 13.3. The fourth-order valence-corrected chi connectivity index (χ4v) is 2.31. The van der Waals surface area contributed by atoms with Crippen LogP contribution in [0.3, 0.4) is 0 Å². The van der Waals surface area contributed by atoms with Gasteiger partial charge in [0.2, 0.25) is 0 Å². The molecule has 0 aliphatic heterocycles. The monoisotopic (exact) mass is 350 g/mol. The zero-order chi connectivity index (χ0) is 16.1. The zero-order valence-corrected chi connectivity index (χ0v) is 13.4. The molecule has 0 heterocycles. The summed E-state index contributed by atoms with van der Waals surface area (Å²) in [4.78, 5) is 12.1. The fourth-order valence-electron chi connectivity index (χ4n) is 1.67. The van der Waals surface area contributed by atoms with Crippen molar-refractivity contribution in [3.8, 4) is 6.07 Å². The highest BCUT2D eigenvalue weighted by Crippen LogP contribution is 2.27. The molecule has 0 saturated heterocycles. The van der Waals surface area contributed by atoms with Gasteiger partial charge >= 0.3 is 0 Å². The van der Waals surface area contributed by atoms with Gasteiger partial charge in [-0.15, -0.1) is 0 Å². The summed E-state index contributed by atoms with van der Waals surface area (Å²) in [5, 5.41) is 13.1. The van der Waals surface area contributed by atoms with E-state index in [1.54, 1.807) is 42.5 Å². The Morgan fingerprint density at radius 1 is 1.05 bits per heavy atom. The van der Waals surface area contributed by atoms with Crippen molar-refractivity contribution >= 4 is 52.5 Å². The topological polar surface area (TPSA) is 52.9 Å². The predicted octanol–water partition coefficient (Wildman–Crippen LogP) is 5.19. The molecule has 0 unspecified atom stereocenters. The Labute approximate surface area is 142 Å². The Kier molecular flexibility index (Phi) is 5.46. The maximum Gasteiger partial charge on any atom is 0.266 e. The lowest BCUT2D eigenvalue weighted by Crippen LogP contribution is -2.13. The smallest absolute Gasteiger partial charge is 0.266 e. The lowest BCUT2D eigenvalue weighted by molar-refractivity contribution is -0.112. The molecule has 0 saturated carbocycles. The highest BCUT2D eigenvalue weighted by molar-refractivity contribution is 6.37. The molecule has 0 fully saturated rings. The third-order valence-electron chi connectivity index (χ3n) is 2.76. The number of halogens is 3. The molecule has 1 amide bonds. The van der Waals surface area contributed by atoms with Gasteiger partial charge in [0.05, 0.1) is 0 Å². The van der Waals surface area contributed by atoms with Crippen LogP contribution in [0.5, 0.6) is 0 Å². The molecule has 0 spiro atoms. The number of amides is 1. The first kappa shape index (κ1) is 16.4. The lowest BCUT2D eigenvalue weighted by atomic mass is 10.1. The summed E-state index contributed by atoms with van der Waals surface area (Å²) >= 11 is 17.8. The molecule has 1 N–H and O–H groups in total. The molecular weight excluding hydrogens is 343 g/mol. The molecule has 0 aromatic heterocycles. The van der Waals surface area contributed by atoms with Crippen LogP contribution in [-0.2, 0) is 4.79 Å². The molecule has 2 rings (SSSR count). The Bertz CT molecular complexity index is 757. The van der Waals surface area contributed by atoms with E-state index in [-0.39, 0.29) is 5.57 Å². The number of hydrogen-bond donors (Lipinski definition) is 1. The minimum Gasteiger partial charge on any atom is -0.321 e. The van der Waals surface area contributed by atoms with E-state index in [4.69, 9.17) is 34.8 Å². The Hall–Kier alpha value is -1.99. The van der Waals surface area contributed by atoms with Crippen LogP contribution < -0.4 is 5.32 Å². The van der Waals surface area contributed by atoms with Crippen LogP contribution in [0.15, 0.2) is 48.0 Å². The lowest BCUT2D eigenvalue weighted by Gasteiger charge is -2.05. The molecule has 0 aliphatic rings. The van der Waals surface area contributed by atoms with E-state index in [1.165, 1.54) is 6.08 Å². The van der Waals surface area contributed by atoms with Crippen LogP contribution in [0, 0.1) is 11.3 Å². The van der Waals surface area contributed by atoms with Crippen LogP contribution in [0.25, 0.3) is 6.08 Å². The van der Waals surface area contributed by atoms with Gasteiger partial charge in [-0.25, -0.2) is 0 Å². The van der Waals surface area contributed by atoms with Gasteiger partial charge in [-0.3, -0.25) is 4.79 Å². The number of nitrogens with one attached hydrogen (secondary N) is 1. The van der Waals surface area contributed by atoms with Gasteiger partial charge in [0.1, 0.15) is 11.6 Å². The van der Waals surface area contributed by atoms with E-state index >= 15 is 0 Å². The molecule has 2 aromatic carbocycles. The summed E-state index contributed by atoms with van der Waals surface area (Å²) in [5.74, 6) is -0.555. The number of carbonyl (C=O) groups is 1. The Balaban J connectivity index is 2.28. The maximum absolute atomic E-state index is 12.1. The normalized spacial score (nSPS) is 10.9. The molecule has 2 aromatic rings. The molecule has 0 bridgehead atoms. The number of nitrogens with zero attached hydrogens (tertiary/aromatic N) is 1. The third-order valence-corrected chi connectivity index (χ3v) is 3.67. The molecule has 0 radical (unpaired) electrons. The highest BCUT2D eigenvalue weighted by Gasteiger charge is 2.12. The molecular formula is C16H9Cl3N2O. The van der Waals surface area contributed by atoms with Gasteiger partial charge in [0.15, 0.2) is 0 Å². The molecule has 0 aliphatic carbocycles. The van der Waals surface area contributed by atoms with Crippen molar-refractivity contribution in [3.05, 3.63) is 68.7 Å². The average Bonchev–Trinajstić information content (AvgIpc) is 2.49. The number of anilines is 1. The summed E-state index contributed by atoms with van der Waals surface area (Å²) in [5.41, 5.74) is 0.847. The number of rotatable bonds is 3. The van der Waals surface area contributed by atoms with Crippen LogP contribution in [0.1, 0.15) is 5.56 Å². The van der Waals surface area contributed by atoms with Crippen LogP contribution in [0.2, 0.25) is 15.1 Å². The van der Waals surface area contributed by atoms with Gasteiger partial charge in [0.25, 0.3) is 5.91 Å². The van der Waals surface area contributed by atoms with E-state index in [9.17, 15) is 10.1 Å². The van der Waals surface area contributed by atoms with Crippen molar-refractivity contribution in [2.75, 3.05) is 5.32 Å². The van der Waals surface area contributed by atoms with Crippen LogP contribution >= 0.6 is 34.8 Å². The number of hydrogen-bond acceptors (Lipinski definition) is 2. The third kappa shape index (κ3) is 4.02. The standard InChI is InChI=1S/C16H9Cl3N2O/c17-11-4-6-12(7-5-11)21-16(22)10(9-20)8-13-14(18)2-1-3-15(13)19/h1-8H,(H,21,22)/b10-8+. The molecule has 6 heteroatoms. The minimum atomic E-state index is -0.555. The van der Waals surface area contributed by atoms with Crippen molar-refractivity contribution in [2.24, 2.45) is 0 Å². The quantitative estimate of drug-likeness (QED) is 0.611. The second kappa shape index (κ2) is 7.33. The van der Waals surface area contributed by atoms with Crippen LogP contribution in [-0.4, -0.2) is 5.91 Å². The number of benzene rings is 2. The van der Waals surface area contributed by atoms with Gasteiger partial charge in [-0.2, -0.15) is 5.26 Å². The second-order valence-electron chi connectivity index (χ2n) is 4.27. The van der Waals surface area contributed by atoms with Crippen molar-refractivity contribution in [1.29, 1.82) is 5.26 Å². The largest absolute Gasteiger partial charge is 0.321 e. The molecule has 0 atom stereocenters. The molecule has 110 valence electrons. The minimum absolute atomic E-state index is 0.107. The van der Waals surface area contributed by atoms with Crippen LogP contribution in [0.4, 0.5) is 5.69 Å². The molecule has 3 nitrogen and oxygen atoms in total. The zero-order valence-electron chi connectivity index (χ0n) is 11.1. The van der Waals surface area contributed by atoms with Gasteiger partial charge in [-0.05, 0) is 42.5 Å². The summed E-state index contributed by atoms with van der Waals surface area (Å²) in [6.45, 7) is 0. The van der Waals surface area contributed by atoms with E-state index in [0.717, 1.165) is 0 Å². The molecule has 22 heavy (non-hydrogen) atoms. The number of nitriles is 1.